The van der Waals surface area contributed by atoms with Crippen LogP contribution in [-0.4, -0.2) is 29.4 Å². The predicted molar refractivity (Wildman–Crippen MR) is 60.7 cm³/mol. The minimum absolute atomic E-state index is 0.379. The van der Waals surface area contributed by atoms with Crippen molar-refractivity contribution in [1.82, 2.24) is 5.32 Å². The fraction of sp³-hybridized carbons (Fsp3) is 0.500. The van der Waals surface area contributed by atoms with Crippen molar-refractivity contribution in [1.29, 1.82) is 0 Å². The first-order chi connectivity index (χ1) is 7.09. The predicted octanol–water partition coefficient (Wildman–Crippen LogP) is 0.999. The van der Waals surface area contributed by atoms with Crippen LogP contribution in [0, 0.1) is 6.92 Å². The van der Waals surface area contributed by atoms with E-state index in [4.69, 9.17) is 5.11 Å². The van der Waals surface area contributed by atoms with Crippen LogP contribution in [-0.2, 0) is 0 Å². The fourth-order valence-electron chi connectivity index (χ4n) is 1.34. The lowest BCUT2D eigenvalue weighted by atomic mass is 10.1. The molecule has 15 heavy (non-hydrogen) atoms. The van der Waals surface area contributed by atoms with E-state index < -0.39 is 6.10 Å². The second-order valence-electron chi connectivity index (χ2n) is 3.93. The van der Waals surface area contributed by atoms with E-state index in [2.05, 4.69) is 5.32 Å². The first-order valence-corrected chi connectivity index (χ1v) is 5.23. The van der Waals surface area contributed by atoms with Gasteiger partial charge in [-0.05, 0) is 19.4 Å². The molecule has 0 bridgehead atoms. The number of benzene rings is 1. The van der Waals surface area contributed by atoms with E-state index in [0.717, 1.165) is 5.56 Å². The number of nitrogens with one attached hydrogen (secondary N) is 1. The monoisotopic (exact) mass is 209 g/mol. The third-order valence-corrected chi connectivity index (χ3v) is 2.24. The molecular weight excluding hydrogens is 190 g/mol. The maximum Gasteiger partial charge on any atom is 0.0914 e. The summed E-state index contributed by atoms with van der Waals surface area (Å²) >= 11 is 0. The number of hydrogen-bond acceptors (Lipinski definition) is 3. The van der Waals surface area contributed by atoms with Gasteiger partial charge in [-0.2, -0.15) is 0 Å². The second-order valence-corrected chi connectivity index (χ2v) is 3.93. The smallest absolute Gasteiger partial charge is 0.0914 e. The van der Waals surface area contributed by atoms with Crippen LogP contribution < -0.4 is 5.32 Å². The van der Waals surface area contributed by atoms with Crippen LogP contribution in [0.25, 0.3) is 0 Å². The molecule has 0 aromatic heterocycles. The van der Waals surface area contributed by atoms with Crippen LogP contribution in [0.2, 0.25) is 0 Å². The molecule has 0 saturated heterocycles. The van der Waals surface area contributed by atoms with Crippen LogP contribution in [0.3, 0.4) is 0 Å². The molecule has 0 spiro atoms. The zero-order valence-electron chi connectivity index (χ0n) is 9.27. The molecule has 0 radical (unpaired) electrons. The van der Waals surface area contributed by atoms with Crippen molar-refractivity contribution >= 4 is 0 Å². The summed E-state index contributed by atoms with van der Waals surface area (Å²) in [4.78, 5) is 0. The standard InChI is InChI=1S/C12H19NO2/c1-9-3-5-11(6-4-9)12(15)8-13-7-10(2)14/h3-6,10,12-15H,7-8H2,1-2H3. The Hall–Kier alpha value is -0.900. The Morgan fingerprint density at radius 1 is 1.13 bits per heavy atom. The summed E-state index contributed by atoms with van der Waals surface area (Å²) in [6, 6.07) is 7.80. The van der Waals surface area contributed by atoms with Gasteiger partial charge in [0.1, 0.15) is 0 Å². The lowest BCUT2D eigenvalue weighted by molar-refractivity contribution is 0.155. The summed E-state index contributed by atoms with van der Waals surface area (Å²) in [7, 11) is 0. The van der Waals surface area contributed by atoms with Crippen LogP contribution in [0.4, 0.5) is 0 Å². The molecule has 1 rings (SSSR count). The van der Waals surface area contributed by atoms with Gasteiger partial charge in [0, 0.05) is 13.1 Å². The maximum atomic E-state index is 9.78. The van der Waals surface area contributed by atoms with Crippen LogP contribution in [0.5, 0.6) is 0 Å². The number of aryl methyl sites for hydroxylation is 1. The number of rotatable bonds is 5. The average Bonchev–Trinajstić information content (AvgIpc) is 2.18. The SMILES string of the molecule is Cc1ccc(C(O)CNCC(C)O)cc1. The molecule has 3 N–H and O–H groups in total. The first-order valence-electron chi connectivity index (χ1n) is 5.23. The Labute approximate surface area is 90.8 Å². The van der Waals surface area contributed by atoms with E-state index in [1.807, 2.05) is 31.2 Å². The van der Waals surface area contributed by atoms with E-state index >= 15 is 0 Å². The van der Waals surface area contributed by atoms with Gasteiger partial charge in [-0.15, -0.1) is 0 Å². The molecule has 0 aliphatic heterocycles. The highest BCUT2D eigenvalue weighted by molar-refractivity contribution is 5.23. The Kier molecular flexibility index (Phi) is 4.75. The largest absolute Gasteiger partial charge is 0.392 e. The van der Waals surface area contributed by atoms with Crippen molar-refractivity contribution in [3.05, 3.63) is 35.4 Å². The summed E-state index contributed by atoms with van der Waals surface area (Å²) < 4.78 is 0. The Balaban J connectivity index is 2.40. The van der Waals surface area contributed by atoms with E-state index in [1.165, 1.54) is 5.56 Å². The molecule has 0 amide bonds. The summed E-state index contributed by atoms with van der Waals surface area (Å²) in [5.74, 6) is 0. The zero-order valence-corrected chi connectivity index (χ0v) is 9.27. The Bertz CT molecular complexity index is 282. The molecule has 3 nitrogen and oxygen atoms in total. The van der Waals surface area contributed by atoms with Crippen LogP contribution in [0.1, 0.15) is 24.2 Å². The minimum atomic E-state index is -0.510. The Morgan fingerprint density at radius 2 is 1.73 bits per heavy atom. The van der Waals surface area contributed by atoms with Crippen molar-refractivity contribution < 1.29 is 10.2 Å². The van der Waals surface area contributed by atoms with E-state index in [1.54, 1.807) is 6.92 Å². The van der Waals surface area contributed by atoms with Gasteiger partial charge in [0.15, 0.2) is 0 Å². The molecule has 0 heterocycles. The lowest BCUT2D eigenvalue weighted by Crippen LogP contribution is -2.28. The van der Waals surface area contributed by atoms with E-state index in [0.29, 0.717) is 13.1 Å². The minimum Gasteiger partial charge on any atom is -0.392 e. The summed E-state index contributed by atoms with van der Waals surface area (Å²) in [5.41, 5.74) is 2.08. The molecule has 84 valence electrons. The lowest BCUT2D eigenvalue weighted by Gasteiger charge is -2.13. The van der Waals surface area contributed by atoms with E-state index in [9.17, 15) is 5.11 Å². The highest BCUT2D eigenvalue weighted by Crippen LogP contribution is 2.12. The van der Waals surface area contributed by atoms with Gasteiger partial charge >= 0.3 is 0 Å². The average molecular weight is 209 g/mol. The van der Waals surface area contributed by atoms with Crippen LogP contribution in [0.15, 0.2) is 24.3 Å². The van der Waals surface area contributed by atoms with Gasteiger partial charge in [0.2, 0.25) is 0 Å². The van der Waals surface area contributed by atoms with E-state index in [-0.39, 0.29) is 6.10 Å². The highest BCUT2D eigenvalue weighted by atomic mass is 16.3. The van der Waals surface area contributed by atoms with Gasteiger partial charge in [-0.25, -0.2) is 0 Å². The van der Waals surface area contributed by atoms with Crippen molar-refractivity contribution in [2.24, 2.45) is 0 Å². The highest BCUT2D eigenvalue weighted by Gasteiger charge is 2.06. The topological polar surface area (TPSA) is 52.5 Å². The van der Waals surface area contributed by atoms with Gasteiger partial charge in [-0.1, -0.05) is 29.8 Å². The molecule has 0 aliphatic carbocycles. The van der Waals surface area contributed by atoms with Gasteiger partial charge in [0.25, 0.3) is 0 Å². The molecule has 0 aliphatic rings. The molecular formula is C12H19NO2. The summed E-state index contributed by atoms with van der Waals surface area (Å²) in [6.07, 6.45) is -0.889. The third-order valence-electron chi connectivity index (χ3n) is 2.24. The van der Waals surface area contributed by atoms with Crippen molar-refractivity contribution in [2.75, 3.05) is 13.1 Å². The van der Waals surface area contributed by atoms with Gasteiger partial charge < -0.3 is 15.5 Å². The molecule has 2 atom stereocenters. The Morgan fingerprint density at radius 3 is 2.27 bits per heavy atom. The maximum absolute atomic E-state index is 9.78. The van der Waals surface area contributed by atoms with Crippen molar-refractivity contribution in [2.45, 2.75) is 26.1 Å². The number of aliphatic hydroxyl groups excluding tert-OH is 2. The van der Waals surface area contributed by atoms with Gasteiger partial charge in [0.05, 0.1) is 12.2 Å². The molecule has 0 fully saturated rings. The number of hydrogen-bond donors (Lipinski definition) is 3. The molecule has 0 saturated carbocycles. The first kappa shape index (κ1) is 12.2. The van der Waals surface area contributed by atoms with Crippen LogP contribution >= 0.6 is 0 Å². The molecule has 1 aromatic carbocycles. The third kappa shape index (κ3) is 4.42. The normalized spacial score (nSPS) is 14.9. The summed E-state index contributed by atoms with van der Waals surface area (Å²) in [6.45, 7) is 4.70. The zero-order chi connectivity index (χ0) is 11.3. The molecule has 3 heteroatoms. The van der Waals surface area contributed by atoms with Gasteiger partial charge in [-0.3, -0.25) is 0 Å². The van der Waals surface area contributed by atoms with Crippen molar-refractivity contribution in [3.8, 4) is 0 Å². The quantitative estimate of drug-likeness (QED) is 0.678. The second kappa shape index (κ2) is 5.85. The molecule has 2 unspecified atom stereocenters. The summed E-state index contributed by atoms with van der Waals surface area (Å²) in [5, 5.41) is 21.8. The fourth-order valence-corrected chi connectivity index (χ4v) is 1.34. The van der Waals surface area contributed by atoms with Crippen molar-refractivity contribution in [3.63, 3.8) is 0 Å². The molecule has 1 aromatic rings. The number of aliphatic hydroxyl groups is 2.